The highest BCUT2D eigenvalue weighted by atomic mass is 16.6. The molecule has 0 amide bonds. The second-order valence-electron chi connectivity index (χ2n) is 5.32. The molecule has 2 aliphatic rings. The van der Waals surface area contributed by atoms with Crippen molar-refractivity contribution in [3.8, 4) is 0 Å². The molecule has 1 saturated carbocycles. The predicted octanol–water partition coefficient (Wildman–Crippen LogP) is 4.37. The van der Waals surface area contributed by atoms with Gasteiger partial charge in [0.05, 0.1) is 26.4 Å². The van der Waals surface area contributed by atoms with Crippen LogP contribution in [0.3, 0.4) is 0 Å². The lowest BCUT2D eigenvalue weighted by Gasteiger charge is -2.09. The Labute approximate surface area is 136 Å². The zero-order chi connectivity index (χ0) is 16.3. The quantitative estimate of drug-likeness (QED) is 0.773. The fraction of sp³-hybridized carbons (Fsp3) is 0.684. The van der Waals surface area contributed by atoms with Crippen molar-refractivity contribution >= 4 is 0 Å². The lowest BCUT2D eigenvalue weighted by molar-refractivity contribution is -0.0334. The van der Waals surface area contributed by atoms with Crippen LogP contribution in [0.15, 0.2) is 30.3 Å². The van der Waals surface area contributed by atoms with Gasteiger partial charge in [-0.05, 0) is 13.8 Å². The van der Waals surface area contributed by atoms with Crippen LogP contribution >= 0.6 is 0 Å². The number of aliphatic hydroxyl groups excluding tert-OH is 1. The predicted molar refractivity (Wildman–Crippen MR) is 93.3 cm³/mol. The van der Waals surface area contributed by atoms with Crippen molar-refractivity contribution in [3.05, 3.63) is 35.9 Å². The van der Waals surface area contributed by atoms with Gasteiger partial charge < -0.3 is 14.6 Å². The molecule has 128 valence electrons. The zero-order valence-electron chi connectivity index (χ0n) is 14.4. The molecule has 1 aliphatic heterocycles. The van der Waals surface area contributed by atoms with Crippen molar-refractivity contribution in [2.45, 2.75) is 52.4 Å². The van der Waals surface area contributed by atoms with E-state index in [0.717, 1.165) is 26.4 Å². The third-order valence-corrected chi connectivity index (χ3v) is 3.18. The summed E-state index contributed by atoms with van der Waals surface area (Å²) in [6, 6.07) is 10.3. The van der Waals surface area contributed by atoms with E-state index in [1.165, 1.54) is 44.1 Å². The molecule has 3 rings (SSSR count). The SMILES string of the molecule is C1CCCCC1.C1COCCO1.CCO.Cc1ccccc1. The van der Waals surface area contributed by atoms with Gasteiger partial charge in [-0.1, -0.05) is 74.4 Å². The molecule has 0 aromatic heterocycles. The van der Waals surface area contributed by atoms with Crippen LogP contribution in [0.5, 0.6) is 0 Å². The molecule has 22 heavy (non-hydrogen) atoms. The normalized spacial score (nSPS) is 16.7. The van der Waals surface area contributed by atoms with E-state index in [1.807, 2.05) is 18.2 Å². The molecule has 1 aliphatic carbocycles. The Bertz CT molecular complexity index is 258. The summed E-state index contributed by atoms with van der Waals surface area (Å²) in [6.07, 6.45) is 9.00. The fourth-order valence-corrected chi connectivity index (χ4v) is 2.03. The number of aliphatic hydroxyl groups is 1. The number of rotatable bonds is 0. The van der Waals surface area contributed by atoms with Crippen LogP contribution in [0.25, 0.3) is 0 Å². The third kappa shape index (κ3) is 17.2. The van der Waals surface area contributed by atoms with Gasteiger partial charge in [-0.3, -0.25) is 0 Å². The summed E-state index contributed by atoms with van der Waals surface area (Å²) >= 11 is 0. The second-order valence-corrected chi connectivity index (χ2v) is 5.32. The molecular weight excluding hydrogens is 276 g/mol. The molecule has 3 nitrogen and oxygen atoms in total. The largest absolute Gasteiger partial charge is 0.397 e. The van der Waals surface area contributed by atoms with E-state index in [-0.39, 0.29) is 6.61 Å². The van der Waals surface area contributed by atoms with Crippen LogP contribution in [-0.2, 0) is 9.47 Å². The topological polar surface area (TPSA) is 38.7 Å². The Morgan fingerprint density at radius 3 is 1.27 bits per heavy atom. The van der Waals surface area contributed by atoms with E-state index < -0.39 is 0 Å². The standard InChI is InChI=1S/C7H8.C6H12.C4H8O2.C2H6O/c1-7-5-3-2-4-6-7;1-2-4-6-5-3-1;1-2-6-4-3-5-1;1-2-3/h2-6H,1H3;1-6H2;1-4H2;3H,2H2,1H3. The fourth-order valence-electron chi connectivity index (χ4n) is 2.03. The Hall–Kier alpha value is -0.900. The number of hydrogen-bond acceptors (Lipinski definition) is 3. The van der Waals surface area contributed by atoms with Gasteiger partial charge in [0.15, 0.2) is 0 Å². The lowest BCUT2D eigenvalue weighted by Crippen LogP contribution is -2.16. The van der Waals surface area contributed by atoms with E-state index in [9.17, 15) is 0 Å². The van der Waals surface area contributed by atoms with Crippen molar-refractivity contribution in [2.75, 3.05) is 33.0 Å². The van der Waals surface area contributed by atoms with Gasteiger partial charge in [-0.2, -0.15) is 0 Å². The smallest absolute Gasteiger partial charge is 0.0701 e. The van der Waals surface area contributed by atoms with Gasteiger partial charge in [0.2, 0.25) is 0 Å². The maximum atomic E-state index is 7.57. The Morgan fingerprint density at radius 1 is 0.773 bits per heavy atom. The molecule has 1 aromatic carbocycles. The summed E-state index contributed by atoms with van der Waals surface area (Å²) in [5, 5.41) is 7.57. The Morgan fingerprint density at radius 2 is 1.09 bits per heavy atom. The molecule has 2 fully saturated rings. The first kappa shape index (κ1) is 21.1. The number of ether oxygens (including phenoxy) is 2. The number of hydrogen-bond donors (Lipinski definition) is 1. The molecule has 0 atom stereocenters. The maximum Gasteiger partial charge on any atom is 0.0701 e. The van der Waals surface area contributed by atoms with Gasteiger partial charge in [-0.25, -0.2) is 0 Å². The first-order chi connectivity index (χ1) is 10.8. The molecule has 0 spiro atoms. The minimum absolute atomic E-state index is 0.250. The molecule has 0 bridgehead atoms. The minimum atomic E-state index is 0.250. The minimum Gasteiger partial charge on any atom is -0.397 e. The van der Waals surface area contributed by atoms with E-state index in [0.29, 0.717) is 0 Å². The van der Waals surface area contributed by atoms with Crippen LogP contribution in [-0.4, -0.2) is 38.1 Å². The summed E-state index contributed by atoms with van der Waals surface area (Å²) in [5.41, 5.74) is 1.32. The average molecular weight is 310 g/mol. The highest BCUT2D eigenvalue weighted by Gasteiger charge is 1.95. The monoisotopic (exact) mass is 310 g/mol. The van der Waals surface area contributed by atoms with E-state index >= 15 is 0 Å². The Balaban J connectivity index is 0.000000278. The summed E-state index contributed by atoms with van der Waals surface area (Å²) < 4.78 is 9.89. The zero-order valence-corrected chi connectivity index (χ0v) is 14.4. The van der Waals surface area contributed by atoms with Crippen molar-refractivity contribution in [1.29, 1.82) is 0 Å². The summed E-state index contributed by atoms with van der Waals surface area (Å²) in [4.78, 5) is 0. The van der Waals surface area contributed by atoms with Crippen molar-refractivity contribution in [1.82, 2.24) is 0 Å². The van der Waals surface area contributed by atoms with E-state index in [4.69, 9.17) is 14.6 Å². The van der Waals surface area contributed by atoms with Crippen LogP contribution in [0.1, 0.15) is 51.0 Å². The average Bonchev–Trinajstić information content (AvgIpc) is 2.61. The van der Waals surface area contributed by atoms with E-state index in [2.05, 4.69) is 19.1 Å². The third-order valence-electron chi connectivity index (χ3n) is 3.18. The summed E-state index contributed by atoms with van der Waals surface area (Å²) in [5.74, 6) is 0. The van der Waals surface area contributed by atoms with Crippen LogP contribution in [0.2, 0.25) is 0 Å². The second kappa shape index (κ2) is 18.1. The highest BCUT2D eigenvalue weighted by molar-refractivity contribution is 5.11. The highest BCUT2D eigenvalue weighted by Crippen LogP contribution is 2.15. The molecule has 1 saturated heterocycles. The van der Waals surface area contributed by atoms with Crippen LogP contribution in [0.4, 0.5) is 0 Å². The first-order valence-electron chi connectivity index (χ1n) is 8.59. The summed E-state index contributed by atoms with van der Waals surface area (Å²) in [7, 11) is 0. The van der Waals surface area contributed by atoms with E-state index in [1.54, 1.807) is 6.92 Å². The molecule has 1 N–H and O–H groups in total. The van der Waals surface area contributed by atoms with Crippen LogP contribution < -0.4 is 0 Å². The number of aryl methyl sites for hydroxylation is 1. The molecule has 1 aromatic rings. The van der Waals surface area contributed by atoms with Crippen molar-refractivity contribution < 1.29 is 14.6 Å². The van der Waals surface area contributed by atoms with Crippen molar-refractivity contribution in [3.63, 3.8) is 0 Å². The summed E-state index contributed by atoms with van der Waals surface area (Å²) in [6.45, 7) is 7.12. The molecule has 0 unspecified atom stereocenters. The maximum absolute atomic E-state index is 7.57. The van der Waals surface area contributed by atoms with Crippen LogP contribution in [0, 0.1) is 6.92 Å². The van der Waals surface area contributed by atoms with Gasteiger partial charge in [-0.15, -0.1) is 0 Å². The number of benzene rings is 1. The van der Waals surface area contributed by atoms with Gasteiger partial charge in [0.25, 0.3) is 0 Å². The first-order valence-corrected chi connectivity index (χ1v) is 8.59. The molecule has 0 radical (unpaired) electrons. The molecule has 3 heteroatoms. The molecule has 1 heterocycles. The molecular formula is C19H34O3. The van der Waals surface area contributed by atoms with Crippen molar-refractivity contribution in [2.24, 2.45) is 0 Å². The van der Waals surface area contributed by atoms with Gasteiger partial charge >= 0.3 is 0 Å². The van der Waals surface area contributed by atoms with Gasteiger partial charge in [0, 0.05) is 6.61 Å². The Kier molecular flexibility index (Phi) is 17.4. The lowest BCUT2D eigenvalue weighted by atomic mass is 10.0. The van der Waals surface area contributed by atoms with Gasteiger partial charge in [0.1, 0.15) is 0 Å².